The molecule has 5 rings (SSSR count). The van der Waals surface area contributed by atoms with Crippen LogP contribution in [0.25, 0.3) is 0 Å². The summed E-state index contributed by atoms with van der Waals surface area (Å²) in [4.78, 5) is 15.6. The zero-order chi connectivity index (χ0) is 27.5. The fourth-order valence-electron chi connectivity index (χ4n) is 4.90. The first-order valence-corrected chi connectivity index (χ1v) is 11.1. The largest absolute Gasteiger partial charge is 0.573 e. The third-order valence-corrected chi connectivity index (χ3v) is 6.31. The first-order valence-electron chi connectivity index (χ1n) is 11.1. The molecule has 200 valence electrons. The highest BCUT2D eigenvalue weighted by molar-refractivity contribution is 6.13. The van der Waals surface area contributed by atoms with Crippen molar-refractivity contribution in [2.75, 3.05) is 23.3 Å². The molecule has 38 heavy (non-hydrogen) atoms. The zero-order valence-corrected chi connectivity index (χ0v) is 19.1. The number of hydrogen-bond donors (Lipinski definition) is 1. The average Bonchev–Trinajstić information content (AvgIpc) is 2.77. The Kier molecular flexibility index (Phi) is 6.01. The van der Waals surface area contributed by atoms with E-state index in [4.69, 9.17) is 0 Å². The number of nitrogens with zero attached hydrogens (tertiary/aromatic N) is 2. The number of rotatable bonds is 4. The molecule has 0 aromatic heterocycles. The van der Waals surface area contributed by atoms with Crippen LogP contribution < -0.4 is 15.0 Å². The van der Waals surface area contributed by atoms with Crippen LogP contribution in [-0.4, -0.2) is 42.1 Å². The summed E-state index contributed by atoms with van der Waals surface area (Å²) in [5, 5.41) is 2.95. The van der Waals surface area contributed by atoms with Crippen LogP contribution in [0.15, 0.2) is 66.7 Å². The van der Waals surface area contributed by atoms with Crippen LogP contribution in [0.2, 0.25) is 0 Å². The molecule has 13 heteroatoms. The highest BCUT2D eigenvalue weighted by Crippen LogP contribution is 2.47. The van der Waals surface area contributed by atoms with E-state index in [9.17, 15) is 39.9 Å². The quantitative estimate of drug-likeness (QED) is 0.395. The van der Waals surface area contributed by atoms with Gasteiger partial charge in [-0.15, -0.1) is 13.2 Å². The molecule has 0 saturated carbocycles. The SMILES string of the molecule is O=C1c2ccc(F)cc2NC2(CN(C(c3cccc(F)c3)C(F)(F)F)C2)N1c1ccc(OC(F)(F)F)cc1. The molecule has 3 aromatic carbocycles. The maximum atomic E-state index is 14.1. The van der Waals surface area contributed by atoms with Crippen LogP contribution in [0.5, 0.6) is 5.75 Å². The lowest BCUT2D eigenvalue weighted by atomic mass is 9.88. The van der Waals surface area contributed by atoms with Gasteiger partial charge in [-0.1, -0.05) is 12.1 Å². The lowest BCUT2D eigenvalue weighted by Gasteiger charge is -2.59. The number of alkyl halides is 6. The molecule has 1 N–H and O–H groups in total. The minimum Gasteiger partial charge on any atom is -0.406 e. The molecule has 1 saturated heterocycles. The van der Waals surface area contributed by atoms with E-state index in [1.807, 2.05) is 0 Å². The second-order valence-electron chi connectivity index (χ2n) is 8.93. The van der Waals surface area contributed by atoms with Gasteiger partial charge in [-0.05, 0) is 60.2 Å². The number of amides is 1. The van der Waals surface area contributed by atoms with Gasteiger partial charge in [-0.3, -0.25) is 14.6 Å². The fraction of sp³-hybridized carbons (Fsp3) is 0.240. The van der Waals surface area contributed by atoms with Gasteiger partial charge in [-0.25, -0.2) is 8.78 Å². The topological polar surface area (TPSA) is 44.8 Å². The Labute approximate surface area is 210 Å². The third kappa shape index (κ3) is 4.73. The Bertz CT molecular complexity index is 1370. The molecule has 1 unspecified atom stereocenters. The van der Waals surface area contributed by atoms with Gasteiger partial charge in [0, 0.05) is 18.8 Å². The van der Waals surface area contributed by atoms with Crippen molar-refractivity contribution in [2.24, 2.45) is 0 Å². The maximum Gasteiger partial charge on any atom is 0.573 e. The Morgan fingerprint density at radius 2 is 1.53 bits per heavy atom. The molecule has 0 aliphatic carbocycles. The minimum atomic E-state index is -4.95. The Morgan fingerprint density at radius 1 is 0.868 bits per heavy atom. The number of likely N-dealkylation sites (tertiary alicyclic amines) is 1. The van der Waals surface area contributed by atoms with E-state index in [2.05, 4.69) is 10.1 Å². The summed E-state index contributed by atoms with van der Waals surface area (Å²) in [6.07, 6.45) is -9.76. The molecule has 1 spiro atoms. The fourth-order valence-corrected chi connectivity index (χ4v) is 4.90. The average molecular weight is 543 g/mol. The van der Waals surface area contributed by atoms with Crippen LogP contribution >= 0.6 is 0 Å². The van der Waals surface area contributed by atoms with Gasteiger partial charge < -0.3 is 10.1 Å². The number of ether oxygens (including phenoxy) is 1. The molecule has 1 amide bonds. The van der Waals surface area contributed by atoms with Gasteiger partial charge in [0.15, 0.2) is 0 Å². The Balaban J connectivity index is 1.52. The Hall–Kier alpha value is -3.87. The molecule has 2 heterocycles. The van der Waals surface area contributed by atoms with Crippen LogP contribution in [0, 0.1) is 11.6 Å². The smallest absolute Gasteiger partial charge is 0.406 e. The summed E-state index contributed by atoms with van der Waals surface area (Å²) in [6.45, 7) is -0.841. The van der Waals surface area contributed by atoms with E-state index in [-0.39, 0.29) is 22.5 Å². The van der Waals surface area contributed by atoms with Crippen LogP contribution in [0.1, 0.15) is 22.0 Å². The lowest BCUT2D eigenvalue weighted by Crippen LogP contribution is -2.78. The van der Waals surface area contributed by atoms with Crippen molar-refractivity contribution < 1.29 is 44.7 Å². The van der Waals surface area contributed by atoms with Crippen LogP contribution in [-0.2, 0) is 0 Å². The number of nitrogens with one attached hydrogen (secondary N) is 1. The van der Waals surface area contributed by atoms with Crippen molar-refractivity contribution >= 4 is 17.3 Å². The second kappa shape index (κ2) is 8.86. The monoisotopic (exact) mass is 543 g/mol. The maximum absolute atomic E-state index is 14.1. The van der Waals surface area contributed by atoms with E-state index >= 15 is 0 Å². The first kappa shape index (κ1) is 25.8. The number of halogens is 8. The van der Waals surface area contributed by atoms with Gasteiger partial charge in [0.1, 0.15) is 29.1 Å². The van der Waals surface area contributed by atoms with Crippen molar-refractivity contribution in [3.8, 4) is 5.75 Å². The molecular weight excluding hydrogens is 526 g/mol. The van der Waals surface area contributed by atoms with Crippen LogP contribution in [0.4, 0.5) is 46.5 Å². The second-order valence-corrected chi connectivity index (χ2v) is 8.93. The van der Waals surface area contributed by atoms with Gasteiger partial charge in [-0.2, -0.15) is 13.2 Å². The first-order chi connectivity index (χ1) is 17.8. The van der Waals surface area contributed by atoms with Crippen molar-refractivity contribution in [2.45, 2.75) is 24.2 Å². The molecule has 5 nitrogen and oxygen atoms in total. The predicted molar refractivity (Wildman–Crippen MR) is 119 cm³/mol. The summed E-state index contributed by atoms with van der Waals surface area (Å²) < 4.78 is 112. The van der Waals surface area contributed by atoms with E-state index < -0.39 is 60.6 Å². The van der Waals surface area contributed by atoms with Crippen LogP contribution in [0.3, 0.4) is 0 Å². The highest BCUT2D eigenvalue weighted by atomic mass is 19.4. The van der Waals surface area contributed by atoms with Crippen molar-refractivity contribution in [1.29, 1.82) is 0 Å². The lowest BCUT2D eigenvalue weighted by molar-refractivity contribution is -0.274. The van der Waals surface area contributed by atoms with Crippen molar-refractivity contribution in [1.82, 2.24) is 4.90 Å². The van der Waals surface area contributed by atoms with E-state index in [0.717, 1.165) is 70.5 Å². The number of fused-ring (bicyclic) bond motifs is 1. The van der Waals surface area contributed by atoms with Gasteiger partial charge in [0.25, 0.3) is 5.91 Å². The van der Waals surface area contributed by atoms with Gasteiger partial charge in [0.05, 0.1) is 11.3 Å². The number of carbonyl (C=O) groups excluding carboxylic acids is 1. The van der Waals surface area contributed by atoms with Gasteiger partial charge in [0.2, 0.25) is 0 Å². The van der Waals surface area contributed by atoms with E-state index in [0.29, 0.717) is 0 Å². The standard InChI is InChI=1S/C25H17F8N3O2/c26-15-3-1-2-14(10-15)21(24(28,29)30)35-12-23(13-35)34-20-11-16(27)4-9-19(20)22(37)36(23)17-5-7-18(8-6-17)38-25(31,32)33/h1-11,21,34H,12-13H2. The summed E-state index contributed by atoms with van der Waals surface area (Å²) in [5.74, 6) is -2.80. The van der Waals surface area contributed by atoms with Gasteiger partial charge >= 0.3 is 12.5 Å². The zero-order valence-electron chi connectivity index (χ0n) is 19.1. The highest BCUT2D eigenvalue weighted by Gasteiger charge is 2.59. The number of benzene rings is 3. The molecule has 2 aliphatic rings. The van der Waals surface area contributed by atoms with Crippen molar-refractivity contribution in [3.63, 3.8) is 0 Å². The molecule has 0 bridgehead atoms. The minimum absolute atomic E-state index is 0.0172. The molecule has 3 aromatic rings. The molecule has 1 atom stereocenters. The van der Waals surface area contributed by atoms with Crippen molar-refractivity contribution in [3.05, 3.63) is 89.5 Å². The number of hydrogen-bond acceptors (Lipinski definition) is 4. The predicted octanol–water partition coefficient (Wildman–Crippen LogP) is 6.25. The third-order valence-electron chi connectivity index (χ3n) is 6.31. The Morgan fingerprint density at radius 3 is 2.13 bits per heavy atom. The number of anilines is 2. The van der Waals surface area contributed by atoms with E-state index in [1.165, 1.54) is 6.07 Å². The number of carbonyl (C=O) groups is 1. The van der Waals surface area contributed by atoms with E-state index in [1.54, 1.807) is 0 Å². The normalized spacial score (nSPS) is 18.0. The summed E-state index contributed by atoms with van der Waals surface area (Å²) >= 11 is 0. The summed E-state index contributed by atoms with van der Waals surface area (Å²) in [5.41, 5.74) is -1.72. The molecular formula is C25H17F8N3O2. The molecule has 0 radical (unpaired) electrons. The summed E-state index contributed by atoms with van der Waals surface area (Å²) in [7, 11) is 0. The molecule has 1 fully saturated rings. The molecule has 2 aliphatic heterocycles. The summed E-state index contributed by atoms with van der Waals surface area (Å²) in [6, 6.07) is 9.36.